The summed E-state index contributed by atoms with van der Waals surface area (Å²) >= 11 is 5.93. The average Bonchev–Trinajstić information content (AvgIpc) is 2.97. The maximum Gasteiger partial charge on any atom is 0.408 e. The number of hydrogen-bond donors (Lipinski definition) is 2. The van der Waals surface area contributed by atoms with Crippen molar-refractivity contribution >= 4 is 29.4 Å². The number of aromatic amines is 1. The Morgan fingerprint density at radius 2 is 1.88 bits per heavy atom. The number of aryl methyl sites for hydroxylation is 1. The van der Waals surface area contributed by atoms with Gasteiger partial charge >= 0.3 is 6.09 Å². The molecule has 1 unspecified atom stereocenters. The number of hydrogen-bond acceptors (Lipinski definition) is 4. The maximum atomic E-state index is 13.0. The molecule has 0 saturated carbocycles. The molecular weight excluding hydrogens is 356 g/mol. The second-order valence-electron chi connectivity index (χ2n) is 6.92. The molecule has 0 radical (unpaired) electrons. The van der Waals surface area contributed by atoms with E-state index in [0.717, 1.165) is 5.69 Å². The van der Waals surface area contributed by atoms with E-state index in [1.54, 1.807) is 58.2 Å². The number of rotatable bonds is 4. The van der Waals surface area contributed by atoms with Gasteiger partial charge in [-0.3, -0.25) is 14.8 Å². The van der Waals surface area contributed by atoms with Gasteiger partial charge in [0, 0.05) is 18.1 Å². The first kappa shape index (κ1) is 19.8. The lowest BCUT2D eigenvalue weighted by molar-refractivity contribution is -0.120. The first-order valence-corrected chi connectivity index (χ1v) is 8.49. The molecule has 8 heteroatoms. The van der Waals surface area contributed by atoms with Gasteiger partial charge in [0.05, 0.1) is 5.69 Å². The fraction of sp³-hybridized carbons (Fsp3) is 0.389. The molecule has 1 atom stereocenters. The predicted molar refractivity (Wildman–Crippen MR) is 100 cm³/mol. The van der Waals surface area contributed by atoms with Crippen LogP contribution >= 0.6 is 11.6 Å². The number of aromatic nitrogens is 2. The Kier molecular flexibility index (Phi) is 5.92. The van der Waals surface area contributed by atoms with Crippen molar-refractivity contribution in [3.63, 3.8) is 0 Å². The van der Waals surface area contributed by atoms with Gasteiger partial charge in [0.2, 0.25) is 0 Å². The third-order valence-corrected chi connectivity index (χ3v) is 3.75. The molecule has 1 aromatic carbocycles. The molecule has 0 saturated heterocycles. The van der Waals surface area contributed by atoms with E-state index in [1.807, 2.05) is 6.92 Å². The first-order chi connectivity index (χ1) is 12.1. The van der Waals surface area contributed by atoms with E-state index in [1.165, 1.54) is 4.90 Å². The van der Waals surface area contributed by atoms with E-state index in [-0.39, 0.29) is 5.91 Å². The van der Waals surface area contributed by atoms with E-state index < -0.39 is 17.7 Å². The molecule has 0 aliphatic rings. The number of alkyl carbamates (subject to hydrolysis) is 1. The fourth-order valence-corrected chi connectivity index (χ4v) is 2.39. The second kappa shape index (κ2) is 7.78. The maximum absolute atomic E-state index is 13.0. The summed E-state index contributed by atoms with van der Waals surface area (Å²) in [5, 5.41) is 9.98. The van der Waals surface area contributed by atoms with Crippen molar-refractivity contribution < 1.29 is 14.3 Å². The SMILES string of the molecule is Cc1cc(N(C)C(=O)C(NC(=O)OC(C)(C)C)c2ccc(Cl)cc2)[nH]n1. The second-order valence-corrected chi connectivity index (χ2v) is 7.36. The normalized spacial score (nSPS) is 12.4. The zero-order valence-electron chi connectivity index (χ0n) is 15.5. The zero-order valence-corrected chi connectivity index (χ0v) is 16.2. The number of nitrogens with one attached hydrogen (secondary N) is 2. The molecule has 2 amide bonds. The number of likely N-dealkylation sites (N-methyl/N-ethyl adjacent to an activating group) is 1. The van der Waals surface area contributed by atoms with Gasteiger partial charge in [0.1, 0.15) is 17.5 Å². The molecule has 2 aromatic rings. The van der Waals surface area contributed by atoms with Gasteiger partial charge in [-0.1, -0.05) is 23.7 Å². The van der Waals surface area contributed by atoms with Gasteiger partial charge in [-0.15, -0.1) is 0 Å². The van der Waals surface area contributed by atoms with Crippen molar-refractivity contribution in [2.45, 2.75) is 39.3 Å². The minimum atomic E-state index is -0.935. The number of H-pyrrole nitrogens is 1. The van der Waals surface area contributed by atoms with Crippen LogP contribution in [-0.4, -0.2) is 34.8 Å². The van der Waals surface area contributed by atoms with Crippen LogP contribution in [0, 0.1) is 6.92 Å². The van der Waals surface area contributed by atoms with Crippen LogP contribution in [0.3, 0.4) is 0 Å². The lowest BCUT2D eigenvalue weighted by atomic mass is 10.1. The molecule has 0 aliphatic heterocycles. The molecule has 7 nitrogen and oxygen atoms in total. The van der Waals surface area contributed by atoms with Crippen molar-refractivity contribution in [3.8, 4) is 0 Å². The summed E-state index contributed by atoms with van der Waals surface area (Å²) in [4.78, 5) is 26.6. The molecule has 0 fully saturated rings. The van der Waals surface area contributed by atoms with E-state index >= 15 is 0 Å². The van der Waals surface area contributed by atoms with Gasteiger partial charge in [-0.2, -0.15) is 5.10 Å². The van der Waals surface area contributed by atoms with Crippen molar-refractivity contribution in [1.82, 2.24) is 15.5 Å². The Morgan fingerprint density at radius 3 is 2.38 bits per heavy atom. The number of ether oxygens (including phenoxy) is 1. The number of amides is 2. The molecule has 2 N–H and O–H groups in total. The van der Waals surface area contributed by atoms with Crippen LogP contribution in [0.5, 0.6) is 0 Å². The third kappa shape index (κ3) is 5.23. The van der Waals surface area contributed by atoms with E-state index in [9.17, 15) is 9.59 Å². The van der Waals surface area contributed by atoms with Crippen LogP contribution in [0.1, 0.15) is 38.1 Å². The molecule has 0 bridgehead atoms. The molecule has 2 rings (SSSR count). The lowest BCUT2D eigenvalue weighted by Crippen LogP contribution is -2.43. The monoisotopic (exact) mass is 378 g/mol. The topological polar surface area (TPSA) is 87.3 Å². The van der Waals surface area contributed by atoms with Crippen LogP contribution < -0.4 is 10.2 Å². The minimum Gasteiger partial charge on any atom is -0.444 e. The highest BCUT2D eigenvalue weighted by molar-refractivity contribution is 6.30. The highest BCUT2D eigenvalue weighted by Crippen LogP contribution is 2.22. The summed E-state index contributed by atoms with van der Waals surface area (Å²) in [7, 11) is 1.61. The van der Waals surface area contributed by atoms with Crippen LogP contribution in [0.25, 0.3) is 0 Å². The zero-order chi connectivity index (χ0) is 19.5. The van der Waals surface area contributed by atoms with E-state index in [0.29, 0.717) is 16.4 Å². The standard InChI is InChI=1S/C18H23ClN4O3/c1-11-10-14(22-21-11)23(5)16(24)15(12-6-8-13(19)9-7-12)20-17(25)26-18(2,3)4/h6-10,15H,1-5H3,(H,20,25)(H,21,22). The summed E-state index contributed by atoms with van der Waals surface area (Å²) < 4.78 is 5.29. The van der Waals surface area contributed by atoms with Gasteiger partial charge in [0.15, 0.2) is 0 Å². The Balaban J connectivity index is 2.28. The van der Waals surface area contributed by atoms with Crippen molar-refractivity contribution in [1.29, 1.82) is 0 Å². The number of benzene rings is 1. The minimum absolute atomic E-state index is 0.346. The Morgan fingerprint density at radius 1 is 1.27 bits per heavy atom. The van der Waals surface area contributed by atoms with Gasteiger partial charge < -0.3 is 10.1 Å². The van der Waals surface area contributed by atoms with Crippen LogP contribution in [0.15, 0.2) is 30.3 Å². The summed E-state index contributed by atoms with van der Waals surface area (Å²) in [6.07, 6.45) is -0.681. The Labute approximate surface area is 157 Å². The number of anilines is 1. The summed E-state index contributed by atoms with van der Waals surface area (Å²) in [6, 6.07) is 7.51. The lowest BCUT2D eigenvalue weighted by Gasteiger charge is -2.26. The van der Waals surface area contributed by atoms with Crippen LogP contribution in [-0.2, 0) is 9.53 Å². The third-order valence-electron chi connectivity index (χ3n) is 3.50. The summed E-state index contributed by atoms with van der Waals surface area (Å²) in [6.45, 7) is 7.08. The Bertz CT molecular complexity index is 780. The Hall–Kier alpha value is -2.54. The number of nitrogens with zero attached hydrogens (tertiary/aromatic N) is 2. The van der Waals surface area contributed by atoms with E-state index in [2.05, 4.69) is 15.5 Å². The number of carbonyl (C=O) groups excluding carboxylic acids is 2. The fourth-order valence-electron chi connectivity index (χ4n) is 2.26. The quantitative estimate of drug-likeness (QED) is 0.850. The molecule has 1 aromatic heterocycles. The largest absolute Gasteiger partial charge is 0.444 e. The summed E-state index contributed by atoms with van der Waals surface area (Å²) in [5.74, 6) is 0.180. The van der Waals surface area contributed by atoms with E-state index in [4.69, 9.17) is 16.3 Å². The molecular formula is C18H23ClN4O3. The highest BCUT2D eigenvalue weighted by atomic mass is 35.5. The number of carbonyl (C=O) groups is 2. The molecule has 1 heterocycles. The smallest absolute Gasteiger partial charge is 0.408 e. The van der Waals surface area contributed by atoms with Gasteiger partial charge in [0.25, 0.3) is 5.91 Å². The number of halogens is 1. The van der Waals surface area contributed by atoms with Crippen LogP contribution in [0.4, 0.5) is 10.6 Å². The highest BCUT2D eigenvalue weighted by Gasteiger charge is 2.29. The van der Waals surface area contributed by atoms with Crippen molar-refractivity contribution in [2.24, 2.45) is 0 Å². The molecule has 0 spiro atoms. The molecule has 26 heavy (non-hydrogen) atoms. The van der Waals surface area contributed by atoms with Crippen molar-refractivity contribution in [3.05, 3.63) is 46.6 Å². The predicted octanol–water partition coefficient (Wildman–Crippen LogP) is 3.60. The molecule has 140 valence electrons. The van der Waals surface area contributed by atoms with Gasteiger partial charge in [-0.25, -0.2) is 4.79 Å². The van der Waals surface area contributed by atoms with Gasteiger partial charge in [-0.05, 0) is 45.4 Å². The van der Waals surface area contributed by atoms with Crippen molar-refractivity contribution in [2.75, 3.05) is 11.9 Å². The average molecular weight is 379 g/mol. The molecule has 0 aliphatic carbocycles. The summed E-state index contributed by atoms with van der Waals surface area (Å²) in [5.41, 5.74) is 0.667. The van der Waals surface area contributed by atoms with Crippen LogP contribution in [0.2, 0.25) is 5.02 Å². The first-order valence-electron chi connectivity index (χ1n) is 8.11.